The van der Waals surface area contributed by atoms with Crippen LogP contribution in [0.3, 0.4) is 0 Å². The number of nitrogens with zero attached hydrogens (tertiary/aromatic N) is 3. The number of hydrogen-bond acceptors (Lipinski definition) is 3. The number of aromatic nitrogens is 2. The van der Waals surface area contributed by atoms with Gasteiger partial charge in [-0.1, -0.05) is 13.8 Å². The van der Waals surface area contributed by atoms with Gasteiger partial charge >= 0.3 is 0 Å². The molecule has 4 nitrogen and oxygen atoms in total. The van der Waals surface area contributed by atoms with Gasteiger partial charge in [0.2, 0.25) is 0 Å². The minimum absolute atomic E-state index is 0.487. The van der Waals surface area contributed by atoms with E-state index in [1.165, 1.54) is 11.3 Å². The van der Waals surface area contributed by atoms with Crippen LogP contribution in [-0.4, -0.2) is 40.9 Å². The maximum absolute atomic E-state index is 4.52. The van der Waals surface area contributed by atoms with E-state index < -0.39 is 0 Å². The van der Waals surface area contributed by atoms with E-state index in [2.05, 4.69) is 56.3 Å². The second-order valence-corrected chi connectivity index (χ2v) is 5.62. The smallest absolute Gasteiger partial charge is 0.0694 e. The van der Waals surface area contributed by atoms with Gasteiger partial charge in [0, 0.05) is 44.5 Å². The SMILES string of the molecule is CC(C)c1nn(C)cc1CNCCN(C)C(C)C. The standard InChI is InChI=1S/C14H28N4/c1-11(2)14-13(10-18(6)16-14)9-15-7-8-17(5)12(3)4/h10-12,15H,7-9H2,1-6H3. The zero-order valence-electron chi connectivity index (χ0n) is 12.7. The Morgan fingerprint density at radius 3 is 2.56 bits per heavy atom. The summed E-state index contributed by atoms with van der Waals surface area (Å²) in [6, 6.07) is 0.608. The van der Waals surface area contributed by atoms with Crippen LogP contribution in [0.1, 0.15) is 44.9 Å². The first-order chi connectivity index (χ1) is 8.41. The maximum atomic E-state index is 4.52. The van der Waals surface area contributed by atoms with Gasteiger partial charge in [0.25, 0.3) is 0 Å². The molecule has 0 unspecified atom stereocenters. The molecule has 0 spiro atoms. The Labute approximate surface area is 111 Å². The molecule has 1 N–H and O–H groups in total. The second kappa shape index (κ2) is 6.90. The first-order valence-electron chi connectivity index (χ1n) is 6.85. The Balaban J connectivity index is 2.40. The lowest BCUT2D eigenvalue weighted by Crippen LogP contribution is -2.33. The minimum Gasteiger partial charge on any atom is -0.311 e. The van der Waals surface area contributed by atoms with Crippen molar-refractivity contribution < 1.29 is 0 Å². The highest BCUT2D eigenvalue weighted by atomic mass is 15.3. The Bertz CT molecular complexity index is 355. The van der Waals surface area contributed by atoms with Crippen LogP contribution in [0.25, 0.3) is 0 Å². The summed E-state index contributed by atoms with van der Waals surface area (Å²) in [5.41, 5.74) is 2.53. The largest absolute Gasteiger partial charge is 0.311 e. The number of likely N-dealkylation sites (N-methyl/N-ethyl adjacent to an activating group) is 1. The summed E-state index contributed by atoms with van der Waals surface area (Å²) in [6.45, 7) is 11.8. The van der Waals surface area contributed by atoms with E-state index in [0.29, 0.717) is 12.0 Å². The summed E-state index contributed by atoms with van der Waals surface area (Å²) in [7, 11) is 4.15. The molecule has 0 aromatic carbocycles. The lowest BCUT2D eigenvalue weighted by molar-refractivity contribution is 0.273. The average Bonchev–Trinajstić information content (AvgIpc) is 2.65. The molecule has 0 aliphatic carbocycles. The quantitative estimate of drug-likeness (QED) is 0.753. The molecular formula is C14H28N4. The molecule has 4 heteroatoms. The summed E-state index contributed by atoms with van der Waals surface area (Å²) in [5, 5.41) is 8.02. The van der Waals surface area contributed by atoms with Crippen LogP contribution in [0.2, 0.25) is 0 Å². The molecule has 0 atom stereocenters. The van der Waals surface area contributed by atoms with Crippen LogP contribution in [0.15, 0.2) is 6.20 Å². The molecule has 0 bridgehead atoms. The van der Waals surface area contributed by atoms with Gasteiger partial charge in [-0.25, -0.2) is 0 Å². The molecular weight excluding hydrogens is 224 g/mol. The van der Waals surface area contributed by atoms with Crippen LogP contribution in [0.4, 0.5) is 0 Å². The van der Waals surface area contributed by atoms with Crippen molar-refractivity contribution in [1.82, 2.24) is 20.0 Å². The van der Waals surface area contributed by atoms with Gasteiger partial charge in [0.15, 0.2) is 0 Å². The molecule has 0 amide bonds. The van der Waals surface area contributed by atoms with Crippen LogP contribution >= 0.6 is 0 Å². The first kappa shape index (κ1) is 15.2. The van der Waals surface area contributed by atoms with Gasteiger partial charge in [-0.15, -0.1) is 0 Å². The van der Waals surface area contributed by atoms with Crippen LogP contribution in [-0.2, 0) is 13.6 Å². The summed E-state index contributed by atoms with van der Waals surface area (Å²) in [5.74, 6) is 0.487. The molecule has 0 saturated carbocycles. The van der Waals surface area contributed by atoms with E-state index in [9.17, 15) is 0 Å². The van der Waals surface area contributed by atoms with Crippen LogP contribution in [0, 0.1) is 0 Å². The molecule has 1 aromatic heterocycles. The fourth-order valence-electron chi connectivity index (χ4n) is 1.91. The highest BCUT2D eigenvalue weighted by molar-refractivity contribution is 5.19. The van der Waals surface area contributed by atoms with Crippen molar-refractivity contribution in [1.29, 1.82) is 0 Å². The zero-order chi connectivity index (χ0) is 13.7. The number of rotatable bonds is 7. The highest BCUT2D eigenvalue weighted by Crippen LogP contribution is 2.16. The molecule has 1 rings (SSSR count). The molecule has 1 aromatic rings. The summed E-state index contributed by atoms with van der Waals surface area (Å²) < 4.78 is 1.91. The fourth-order valence-corrected chi connectivity index (χ4v) is 1.91. The van der Waals surface area contributed by atoms with Crippen molar-refractivity contribution in [2.24, 2.45) is 7.05 Å². The van der Waals surface area contributed by atoms with Crippen molar-refractivity contribution in [2.75, 3.05) is 20.1 Å². The van der Waals surface area contributed by atoms with Gasteiger partial charge in [0.1, 0.15) is 0 Å². The third-order valence-electron chi connectivity index (χ3n) is 3.32. The van der Waals surface area contributed by atoms with E-state index in [1.54, 1.807) is 0 Å². The molecule has 104 valence electrons. The topological polar surface area (TPSA) is 33.1 Å². The van der Waals surface area contributed by atoms with E-state index in [4.69, 9.17) is 0 Å². The predicted octanol–water partition coefficient (Wildman–Crippen LogP) is 1.97. The molecule has 0 fully saturated rings. The number of nitrogens with one attached hydrogen (secondary N) is 1. The van der Waals surface area contributed by atoms with Crippen molar-refractivity contribution >= 4 is 0 Å². The van der Waals surface area contributed by atoms with E-state index in [1.807, 2.05) is 11.7 Å². The highest BCUT2D eigenvalue weighted by Gasteiger charge is 2.10. The Morgan fingerprint density at radius 2 is 2.00 bits per heavy atom. The Kier molecular flexibility index (Phi) is 5.82. The monoisotopic (exact) mass is 252 g/mol. The molecule has 0 saturated heterocycles. The van der Waals surface area contributed by atoms with Gasteiger partial charge < -0.3 is 10.2 Å². The third-order valence-corrected chi connectivity index (χ3v) is 3.32. The molecule has 0 radical (unpaired) electrons. The Morgan fingerprint density at radius 1 is 1.33 bits per heavy atom. The maximum Gasteiger partial charge on any atom is 0.0694 e. The van der Waals surface area contributed by atoms with Crippen LogP contribution < -0.4 is 5.32 Å². The van der Waals surface area contributed by atoms with Crippen molar-refractivity contribution in [3.8, 4) is 0 Å². The lowest BCUT2D eigenvalue weighted by atomic mass is 10.1. The summed E-state index contributed by atoms with van der Waals surface area (Å²) in [6.07, 6.45) is 2.12. The molecule has 0 aliphatic rings. The van der Waals surface area contributed by atoms with E-state index >= 15 is 0 Å². The first-order valence-corrected chi connectivity index (χ1v) is 6.85. The molecule has 18 heavy (non-hydrogen) atoms. The predicted molar refractivity (Wildman–Crippen MR) is 76.8 cm³/mol. The molecule has 0 aliphatic heterocycles. The third kappa shape index (κ3) is 4.42. The fraction of sp³-hybridized carbons (Fsp3) is 0.786. The summed E-state index contributed by atoms with van der Waals surface area (Å²) in [4.78, 5) is 2.35. The lowest BCUT2D eigenvalue weighted by Gasteiger charge is -2.20. The van der Waals surface area contributed by atoms with Gasteiger partial charge in [0.05, 0.1) is 5.69 Å². The van der Waals surface area contributed by atoms with Gasteiger partial charge in [-0.3, -0.25) is 4.68 Å². The minimum atomic E-state index is 0.487. The number of hydrogen-bond donors (Lipinski definition) is 1. The second-order valence-electron chi connectivity index (χ2n) is 5.62. The normalized spacial score (nSPS) is 12.1. The average molecular weight is 252 g/mol. The zero-order valence-corrected chi connectivity index (χ0v) is 12.7. The van der Waals surface area contributed by atoms with Gasteiger partial charge in [-0.05, 0) is 26.8 Å². The van der Waals surface area contributed by atoms with Crippen LogP contribution in [0.5, 0.6) is 0 Å². The van der Waals surface area contributed by atoms with E-state index in [0.717, 1.165) is 19.6 Å². The van der Waals surface area contributed by atoms with E-state index in [-0.39, 0.29) is 0 Å². The van der Waals surface area contributed by atoms with Crippen molar-refractivity contribution in [3.05, 3.63) is 17.5 Å². The number of aryl methyl sites for hydroxylation is 1. The van der Waals surface area contributed by atoms with Gasteiger partial charge in [-0.2, -0.15) is 5.10 Å². The summed E-state index contributed by atoms with van der Waals surface area (Å²) >= 11 is 0. The van der Waals surface area contributed by atoms with Crippen molar-refractivity contribution in [2.45, 2.75) is 46.2 Å². The van der Waals surface area contributed by atoms with Crippen molar-refractivity contribution in [3.63, 3.8) is 0 Å². The Hall–Kier alpha value is -0.870. The molecule has 1 heterocycles.